The lowest BCUT2D eigenvalue weighted by atomic mass is 10.2. The largest absolute Gasteiger partial charge is 0.370 e. The number of rotatable bonds is 5. The van der Waals surface area contributed by atoms with Crippen molar-refractivity contribution in [1.29, 1.82) is 0 Å². The second-order valence-corrected chi connectivity index (χ2v) is 3.63. The summed E-state index contributed by atoms with van der Waals surface area (Å²) < 4.78 is 0.790. The highest BCUT2D eigenvalue weighted by Crippen LogP contribution is 2.09. The summed E-state index contributed by atoms with van der Waals surface area (Å²) in [4.78, 5) is 8.00. The minimum Gasteiger partial charge on any atom is -0.370 e. The minimum atomic E-state index is 0.790. The molecule has 4 heteroatoms. The predicted octanol–water partition coefficient (Wildman–Crippen LogP) is 2.45. The molecule has 0 aliphatic rings. The normalized spacial score (nSPS) is 9.43. The highest BCUT2D eigenvalue weighted by Gasteiger charge is 1.94. The molecule has 1 heterocycles. The molecule has 0 saturated carbocycles. The molecule has 1 rings (SSSR count). The van der Waals surface area contributed by atoms with Gasteiger partial charge in [-0.1, -0.05) is 0 Å². The molecule has 0 atom stereocenters. The van der Waals surface area contributed by atoms with E-state index in [-0.39, 0.29) is 0 Å². The molecule has 0 fully saturated rings. The Balaban J connectivity index is 2.22. The number of aromatic nitrogens is 2. The van der Waals surface area contributed by atoms with Gasteiger partial charge in [0, 0.05) is 19.0 Å². The maximum atomic E-state index is 5.14. The average Bonchev–Trinajstić information content (AvgIpc) is 2.18. The molecule has 1 aromatic rings. The molecule has 0 unspecified atom stereocenters. The first-order chi connectivity index (χ1) is 6.83. The van der Waals surface area contributed by atoms with Crippen LogP contribution in [-0.2, 0) is 0 Å². The maximum Gasteiger partial charge on any atom is 0.130 e. The Labute approximate surface area is 92.5 Å². The van der Waals surface area contributed by atoms with Crippen LogP contribution in [0.2, 0.25) is 0 Å². The van der Waals surface area contributed by atoms with Gasteiger partial charge in [-0.2, -0.15) is 0 Å². The third-order valence-electron chi connectivity index (χ3n) is 1.69. The molecule has 0 saturated heterocycles. The third-order valence-corrected chi connectivity index (χ3v) is 2.12. The van der Waals surface area contributed by atoms with E-state index in [4.69, 9.17) is 6.42 Å². The van der Waals surface area contributed by atoms with E-state index in [9.17, 15) is 0 Å². The summed E-state index contributed by atoms with van der Waals surface area (Å²) in [6, 6.07) is 1.85. The van der Waals surface area contributed by atoms with Crippen molar-refractivity contribution >= 4 is 21.7 Å². The van der Waals surface area contributed by atoms with E-state index < -0.39 is 0 Å². The zero-order chi connectivity index (χ0) is 10.2. The van der Waals surface area contributed by atoms with Gasteiger partial charge in [-0.25, -0.2) is 9.97 Å². The number of halogens is 1. The van der Waals surface area contributed by atoms with E-state index in [2.05, 4.69) is 37.1 Å². The summed E-state index contributed by atoms with van der Waals surface area (Å²) in [7, 11) is 0. The summed E-state index contributed by atoms with van der Waals surface area (Å²) in [6.45, 7) is 0.894. The lowest BCUT2D eigenvalue weighted by Crippen LogP contribution is -2.03. The molecule has 1 N–H and O–H groups in total. The van der Waals surface area contributed by atoms with E-state index >= 15 is 0 Å². The van der Waals surface area contributed by atoms with Crippen LogP contribution in [0, 0.1) is 12.3 Å². The number of hydrogen-bond acceptors (Lipinski definition) is 3. The van der Waals surface area contributed by atoms with Crippen LogP contribution in [0.3, 0.4) is 0 Å². The van der Waals surface area contributed by atoms with Crippen molar-refractivity contribution in [2.75, 3.05) is 11.9 Å². The molecule has 0 aliphatic heterocycles. The summed E-state index contributed by atoms with van der Waals surface area (Å²) in [5, 5.41) is 3.19. The molecule has 14 heavy (non-hydrogen) atoms. The summed E-state index contributed by atoms with van der Waals surface area (Å²) in [5.74, 6) is 3.45. The van der Waals surface area contributed by atoms with Gasteiger partial charge in [0.1, 0.15) is 16.7 Å². The number of unbranched alkanes of at least 4 members (excludes halogenated alkanes) is 2. The van der Waals surface area contributed by atoms with Gasteiger partial charge in [-0.3, -0.25) is 0 Å². The third kappa shape index (κ3) is 4.24. The fourth-order valence-electron chi connectivity index (χ4n) is 0.999. The summed E-state index contributed by atoms with van der Waals surface area (Å²) in [5.41, 5.74) is 0. The average molecular weight is 254 g/mol. The topological polar surface area (TPSA) is 37.8 Å². The fourth-order valence-corrected chi connectivity index (χ4v) is 1.31. The van der Waals surface area contributed by atoms with Crippen LogP contribution in [-0.4, -0.2) is 16.5 Å². The van der Waals surface area contributed by atoms with Crippen molar-refractivity contribution in [2.45, 2.75) is 19.3 Å². The van der Waals surface area contributed by atoms with Gasteiger partial charge in [-0.05, 0) is 28.8 Å². The first kappa shape index (κ1) is 11.0. The molecule has 1 aromatic heterocycles. The van der Waals surface area contributed by atoms with Crippen LogP contribution in [0.4, 0.5) is 5.82 Å². The molecular formula is C10H12BrN3. The highest BCUT2D eigenvalue weighted by molar-refractivity contribution is 9.10. The van der Waals surface area contributed by atoms with Crippen LogP contribution in [0.15, 0.2) is 17.0 Å². The lowest BCUT2D eigenvalue weighted by Gasteiger charge is -2.03. The molecule has 0 radical (unpaired) electrons. The van der Waals surface area contributed by atoms with Crippen LogP contribution in [0.25, 0.3) is 0 Å². The molecule has 3 nitrogen and oxygen atoms in total. The predicted molar refractivity (Wildman–Crippen MR) is 60.9 cm³/mol. The molecule has 0 spiro atoms. The Kier molecular flexibility index (Phi) is 5.02. The second kappa shape index (κ2) is 6.39. The van der Waals surface area contributed by atoms with E-state index in [1.807, 2.05) is 6.07 Å². The van der Waals surface area contributed by atoms with Gasteiger partial charge in [-0.15, -0.1) is 12.3 Å². The van der Waals surface area contributed by atoms with Crippen molar-refractivity contribution in [3.05, 3.63) is 17.0 Å². The maximum absolute atomic E-state index is 5.14. The van der Waals surface area contributed by atoms with Crippen molar-refractivity contribution in [1.82, 2.24) is 9.97 Å². The highest BCUT2D eigenvalue weighted by atomic mass is 79.9. The molecule has 0 aromatic carbocycles. The Bertz CT molecular complexity index is 319. The Morgan fingerprint density at radius 1 is 1.43 bits per heavy atom. The van der Waals surface area contributed by atoms with E-state index in [1.165, 1.54) is 6.33 Å². The summed E-state index contributed by atoms with van der Waals surface area (Å²) in [6.07, 6.45) is 9.62. The van der Waals surface area contributed by atoms with Gasteiger partial charge >= 0.3 is 0 Å². The first-order valence-electron chi connectivity index (χ1n) is 4.48. The fraction of sp³-hybridized carbons (Fsp3) is 0.400. The van der Waals surface area contributed by atoms with Gasteiger partial charge in [0.25, 0.3) is 0 Å². The Morgan fingerprint density at radius 3 is 3.00 bits per heavy atom. The number of nitrogens with one attached hydrogen (secondary N) is 1. The molecular weight excluding hydrogens is 242 g/mol. The second-order valence-electron chi connectivity index (χ2n) is 2.81. The van der Waals surface area contributed by atoms with Crippen LogP contribution >= 0.6 is 15.9 Å². The van der Waals surface area contributed by atoms with Crippen LogP contribution in [0.5, 0.6) is 0 Å². The Morgan fingerprint density at radius 2 is 2.29 bits per heavy atom. The van der Waals surface area contributed by atoms with E-state index in [0.29, 0.717) is 0 Å². The minimum absolute atomic E-state index is 0.790. The van der Waals surface area contributed by atoms with E-state index in [0.717, 1.165) is 36.2 Å². The van der Waals surface area contributed by atoms with Crippen molar-refractivity contribution in [3.8, 4) is 12.3 Å². The SMILES string of the molecule is C#CCCCCNc1cc(Br)ncn1. The first-order valence-corrected chi connectivity index (χ1v) is 5.27. The van der Waals surface area contributed by atoms with Crippen LogP contribution in [0.1, 0.15) is 19.3 Å². The molecule has 0 aliphatic carbocycles. The van der Waals surface area contributed by atoms with Gasteiger partial charge in [0.05, 0.1) is 0 Å². The standard InChI is InChI=1S/C10H12BrN3/c1-2-3-4-5-6-12-10-7-9(11)13-8-14-10/h1,7-8H,3-6H2,(H,12,13,14). The molecule has 0 amide bonds. The lowest BCUT2D eigenvalue weighted by molar-refractivity contribution is 0.787. The van der Waals surface area contributed by atoms with Crippen molar-refractivity contribution < 1.29 is 0 Å². The van der Waals surface area contributed by atoms with Gasteiger partial charge < -0.3 is 5.32 Å². The van der Waals surface area contributed by atoms with Gasteiger partial charge in [0.15, 0.2) is 0 Å². The Hall–Kier alpha value is -1.08. The summed E-state index contributed by atoms with van der Waals surface area (Å²) >= 11 is 3.28. The number of terminal acetylenes is 1. The van der Waals surface area contributed by atoms with Gasteiger partial charge in [0.2, 0.25) is 0 Å². The zero-order valence-electron chi connectivity index (χ0n) is 7.83. The number of hydrogen-bond donors (Lipinski definition) is 1. The van der Waals surface area contributed by atoms with Crippen LogP contribution < -0.4 is 5.32 Å². The monoisotopic (exact) mass is 253 g/mol. The van der Waals surface area contributed by atoms with Crippen molar-refractivity contribution in [2.24, 2.45) is 0 Å². The zero-order valence-corrected chi connectivity index (χ0v) is 9.42. The smallest absolute Gasteiger partial charge is 0.130 e. The van der Waals surface area contributed by atoms with Crippen molar-refractivity contribution in [3.63, 3.8) is 0 Å². The number of nitrogens with zero attached hydrogens (tertiary/aromatic N) is 2. The molecule has 74 valence electrons. The quantitative estimate of drug-likeness (QED) is 0.498. The molecule has 0 bridgehead atoms. The van der Waals surface area contributed by atoms with E-state index in [1.54, 1.807) is 0 Å². The number of anilines is 1.